The normalized spacial score (nSPS) is 14.3. The maximum atomic E-state index is 12.9. The number of imide groups is 1. The van der Waals surface area contributed by atoms with Gasteiger partial charge in [0, 0.05) is 53.0 Å². The number of aliphatic hydroxyl groups is 1. The number of aryl methyl sites for hydroxylation is 1. The molecule has 4 N–H and O–H groups in total. The lowest BCUT2D eigenvalue weighted by Gasteiger charge is -2.04. The first kappa shape index (κ1) is 18.2. The predicted octanol–water partition coefficient (Wildman–Crippen LogP) is 2.78. The van der Waals surface area contributed by atoms with Crippen LogP contribution in [0.4, 0.5) is 0 Å². The molecular weight excluding hydrogens is 382 g/mol. The number of phenols is 1. The minimum Gasteiger partial charge on any atom is -0.506 e. The summed E-state index contributed by atoms with van der Waals surface area (Å²) in [5, 5.41) is 23.6. The third kappa shape index (κ3) is 2.63. The number of H-pyrrole nitrogens is 1. The van der Waals surface area contributed by atoms with E-state index in [2.05, 4.69) is 10.3 Å². The number of phenolic OH excluding ortho intramolecular Hbond substituents is 1. The second-order valence-corrected chi connectivity index (χ2v) is 7.27. The molecule has 0 fully saturated rings. The molecule has 0 aliphatic carbocycles. The Morgan fingerprint density at radius 1 is 0.900 bits per heavy atom. The van der Waals surface area contributed by atoms with Gasteiger partial charge >= 0.3 is 0 Å². The highest BCUT2D eigenvalue weighted by atomic mass is 16.3. The molecule has 1 aliphatic rings. The molecule has 0 bridgehead atoms. The summed E-state index contributed by atoms with van der Waals surface area (Å²) in [5.41, 5.74) is 3.25. The Balaban J connectivity index is 1.81. The first-order valence-corrected chi connectivity index (χ1v) is 9.68. The second-order valence-electron chi connectivity index (χ2n) is 7.27. The van der Waals surface area contributed by atoms with Crippen molar-refractivity contribution in [2.24, 2.45) is 0 Å². The van der Waals surface area contributed by atoms with Crippen LogP contribution in [0.1, 0.15) is 17.5 Å². The van der Waals surface area contributed by atoms with Crippen molar-refractivity contribution in [3.63, 3.8) is 0 Å². The standard InChI is InChI=1S/C23H19N3O4/c27-10-4-9-26-12-16(14-6-3-8-18(28)21(14)26)20-19(22(29)25-23(20)30)15-11-24-17-7-2-1-5-13(15)17/h1-3,5-8,11-12,24,27-28H,4,9-10H2,(H,25,29,30). The van der Waals surface area contributed by atoms with Crippen molar-refractivity contribution in [1.82, 2.24) is 14.9 Å². The van der Waals surface area contributed by atoms with Gasteiger partial charge in [0.15, 0.2) is 0 Å². The van der Waals surface area contributed by atoms with Gasteiger partial charge in [-0.3, -0.25) is 14.9 Å². The number of para-hydroxylation sites is 2. The van der Waals surface area contributed by atoms with E-state index in [1.54, 1.807) is 24.5 Å². The van der Waals surface area contributed by atoms with Gasteiger partial charge in [-0.25, -0.2) is 0 Å². The van der Waals surface area contributed by atoms with Gasteiger partial charge < -0.3 is 19.8 Å². The topological polar surface area (TPSA) is 107 Å². The number of carbonyl (C=O) groups is 2. The lowest BCUT2D eigenvalue weighted by atomic mass is 9.95. The molecule has 0 unspecified atom stereocenters. The number of carbonyl (C=O) groups excluding carboxylic acids is 2. The van der Waals surface area contributed by atoms with Crippen LogP contribution in [0.5, 0.6) is 5.75 Å². The van der Waals surface area contributed by atoms with E-state index >= 15 is 0 Å². The van der Waals surface area contributed by atoms with Crippen LogP contribution in [-0.4, -0.2) is 38.2 Å². The molecule has 0 spiro atoms. The zero-order valence-electron chi connectivity index (χ0n) is 16.0. The van der Waals surface area contributed by atoms with Gasteiger partial charge in [-0.1, -0.05) is 30.3 Å². The summed E-state index contributed by atoms with van der Waals surface area (Å²) in [6, 6.07) is 12.7. The monoisotopic (exact) mass is 401 g/mol. The molecule has 0 saturated carbocycles. The van der Waals surface area contributed by atoms with Crippen molar-refractivity contribution < 1.29 is 19.8 Å². The average Bonchev–Trinajstić information content (AvgIpc) is 3.40. The molecule has 2 amide bonds. The molecular formula is C23H19N3O4. The molecule has 150 valence electrons. The number of hydrogen-bond donors (Lipinski definition) is 4. The summed E-state index contributed by atoms with van der Waals surface area (Å²) in [6.45, 7) is 0.473. The summed E-state index contributed by atoms with van der Waals surface area (Å²) in [6.07, 6.45) is 4.00. The SMILES string of the molecule is O=C1NC(=O)C(c2cn(CCCO)c3c(O)cccc23)=C1c1c[nH]c2ccccc12. The van der Waals surface area contributed by atoms with Gasteiger partial charge in [0.1, 0.15) is 5.75 Å². The Hall–Kier alpha value is -3.84. The van der Waals surface area contributed by atoms with Crippen LogP contribution < -0.4 is 5.32 Å². The van der Waals surface area contributed by atoms with Gasteiger partial charge in [0.2, 0.25) is 0 Å². The summed E-state index contributed by atoms with van der Waals surface area (Å²) >= 11 is 0. The molecule has 1 aliphatic heterocycles. The fourth-order valence-electron chi connectivity index (χ4n) is 4.20. The van der Waals surface area contributed by atoms with Crippen molar-refractivity contribution in [1.29, 1.82) is 0 Å². The van der Waals surface area contributed by atoms with Crippen molar-refractivity contribution in [2.75, 3.05) is 6.61 Å². The van der Waals surface area contributed by atoms with E-state index in [4.69, 9.17) is 0 Å². The summed E-state index contributed by atoms with van der Waals surface area (Å²) in [7, 11) is 0. The fourth-order valence-corrected chi connectivity index (χ4v) is 4.20. The number of benzene rings is 2. The quantitative estimate of drug-likeness (QED) is 0.386. The highest BCUT2D eigenvalue weighted by Crippen LogP contribution is 2.39. The average molecular weight is 401 g/mol. The van der Waals surface area contributed by atoms with Gasteiger partial charge in [0.25, 0.3) is 11.8 Å². The van der Waals surface area contributed by atoms with Crippen LogP contribution in [0.2, 0.25) is 0 Å². The van der Waals surface area contributed by atoms with Crippen molar-refractivity contribution >= 4 is 44.8 Å². The van der Waals surface area contributed by atoms with Crippen LogP contribution in [-0.2, 0) is 16.1 Å². The number of rotatable bonds is 5. The first-order chi connectivity index (χ1) is 14.6. The van der Waals surface area contributed by atoms with E-state index in [9.17, 15) is 19.8 Å². The van der Waals surface area contributed by atoms with E-state index in [0.29, 0.717) is 40.6 Å². The lowest BCUT2D eigenvalue weighted by Crippen LogP contribution is -2.22. The highest BCUT2D eigenvalue weighted by Gasteiger charge is 2.35. The van der Waals surface area contributed by atoms with E-state index in [0.717, 1.165) is 10.9 Å². The van der Waals surface area contributed by atoms with Gasteiger partial charge in [-0.15, -0.1) is 0 Å². The summed E-state index contributed by atoms with van der Waals surface area (Å²) in [4.78, 5) is 28.8. The Labute approximate surface area is 171 Å². The van der Waals surface area contributed by atoms with Gasteiger partial charge in [-0.05, 0) is 18.6 Å². The molecule has 3 heterocycles. The van der Waals surface area contributed by atoms with Crippen LogP contribution in [0.3, 0.4) is 0 Å². The number of fused-ring (bicyclic) bond motifs is 2. The zero-order chi connectivity index (χ0) is 20.8. The van der Waals surface area contributed by atoms with Gasteiger partial charge in [-0.2, -0.15) is 0 Å². The Kier molecular flexibility index (Phi) is 4.18. The zero-order valence-corrected chi connectivity index (χ0v) is 16.0. The second kappa shape index (κ2) is 6.89. The highest BCUT2D eigenvalue weighted by molar-refractivity contribution is 6.50. The Morgan fingerprint density at radius 3 is 2.43 bits per heavy atom. The maximum absolute atomic E-state index is 12.9. The molecule has 7 heteroatoms. The third-order valence-corrected chi connectivity index (χ3v) is 5.49. The van der Waals surface area contributed by atoms with Crippen molar-refractivity contribution in [3.8, 4) is 5.75 Å². The number of aromatic amines is 1. The number of nitrogens with zero attached hydrogens (tertiary/aromatic N) is 1. The molecule has 0 radical (unpaired) electrons. The predicted molar refractivity (Wildman–Crippen MR) is 114 cm³/mol. The van der Waals surface area contributed by atoms with E-state index in [1.807, 2.05) is 34.9 Å². The third-order valence-electron chi connectivity index (χ3n) is 5.49. The smallest absolute Gasteiger partial charge is 0.259 e. The maximum Gasteiger partial charge on any atom is 0.259 e. The molecule has 0 saturated heterocycles. The summed E-state index contributed by atoms with van der Waals surface area (Å²) in [5.74, 6) is -0.836. The number of amides is 2. The van der Waals surface area contributed by atoms with Crippen LogP contribution in [0, 0.1) is 0 Å². The molecule has 30 heavy (non-hydrogen) atoms. The molecule has 4 aromatic rings. The van der Waals surface area contributed by atoms with E-state index in [1.165, 1.54) is 0 Å². The molecule has 2 aromatic carbocycles. The van der Waals surface area contributed by atoms with Crippen LogP contribution >= 0.6 is 0 Å². The summed E-state index contributed by atoms with van der Waals surface area (Å²) < 4.78 is 1.81. The first-order valence-electron chi connectivity index (χ1n) is 9.68. The molecule has 2 aromatic heterocycles. The fraction of sp³-hybridized carbons (Fsp3) is 0.130. The van der Waals surface area contributed by atoms with Crippen LogP contribution in [0.25, 0.3) is 33.0 Å². The Morgan fingerprint density at radius 2 is 1.63 bits per heavy atom. The van der Waals surface area contributed by atoms with Crippen LogP contribution in [0.15, 0.2) is 54.9 Å². The van der Waals surface area contributed by atoms with E-state index < -0.39 is 11.8 Å². The molecule has 5 rings (SSSR count). The largest absolute Gasteiger partial charge is 0.506 e. The van der Waals surface area contributed by atoms with Crippen molar-refractivity contribution in [3.05, 3.63) is 66.0 Å². The lowest BCUT2D eigenvalue weighted by molar-refractivity contribution is -0.122. The molecule has 7 nitrogen and oxygen atoms in total. The number of aromatic nitrogens is 2. The number of hydrogen-bond acceptors (Lipinski definition) is 4. The Bertz CT molecular complexity index is 1360. The minimum absolute atomic E-state index is 0.00482. The van der Waals surface area contributed by atoms with Crippen molar-refractivity contribution in [2.45, 2.75) is 13.0 Å². The number of nitrogens with one attached hydrogen (secondary N) is 2. The number of aliphatic hydroxyl groups excluding tert-OH is 1. The van der Waals surface area contributed by atoms with E-state index in [-0.39, 0.29) is 17.9 Å². The van der Waals surface area contributed by atoms with Gasteiger partial charge in [0.05, 0.1) is 16.7 Å². The number of aromatic hydroxyl groups is 1. The minimum atomic E-state index is -0.468. The molecule has 0 atom stereocenters.